The summed E-state index contributed by atoms with van der Waals surface area (Å²) in [6.07, 6.45) is 5.10. The number of hydrogen-bond donors (Lipinski definition) is 2. The van der Waals surface area contributed by atoms with Crippen molar-refractivity contribution < 1.29 is 0 Å². The second-order valence-electron chi connectivity index (χ2n) is 3.02. The van der Waals surface area contributed by atoms with Crippen molar-refractivity contribution >= 4 is 0 Å². The zero-order valence-electron chi connectivity index (χ0n) is 7.90. The Morgan fingerprint density at radius 1 is 1.18 bits per heavy atom. The average molecular weight is 158 g/mol. The molecule has 2 nitrogen and oxygen atoms in total. The van der Waals surface area contributed by atoms with Gasteiger partial charge in [-0.15, -0.1) is 0 Å². The highest BCUT2D eigenvalue weighted by molar-refractivity contribution is 4.65. The highest BCUT2D eigenvalue weighted by Gasteiger charge is 2.03. The van der Waals surface area contributed by atoms with Crippen molar-refractivity contribution in [1.29, 1.82) is 0 Å². The lowest BCUT2D eigenvalue weighted by molar-refractivity contribution is 0.449. The first-order valence-electron chi connectivity index (χ1n) is 4.78. The first-order valence-corrected chi connectivity index (χ1v) is 4.78. The van der Waals surface area contributed by atoms with E-state index < -0.39 is 0 Å². The number of rotatable bonds is 7. The number of hydrogen-bond acceptors (Lipinski definition) is 2. The van der Waals surface area contributed by atoms with Gasteiger partial charge in [0, 0.05) is 19.1 Å². The molecule has 0 fully saturated rings. The summed E-state index contributed by atoms with van der Waals surface area (Å²) in [4.78, 5) is 0. The third-order valence-electron chi connectivity index (χ3n) is 1.85. The fourth-order valence-corrected chi connectivity index (χ4v) is 1.33. The molecule has 0 heterocycles. The Bertz CT molecular complexity index is 68.0. The quantitative estimate of drug-likeness (QED) is 0.589. The summed E-state index contributed by atoms with van der Waals surface area (Å²) in [5, 5.41) is 3.45. The largest absolute Gasteiger partial charge is 0.329 e. The van der Waals surface area contributed by atoms with Gasteiger partial charge in [-0.25, -0.2) is 0 Å². The lowest BCUT2D eigenvalue weighted by Gasteiger charge is -2.16. The van der Waals surface area contributed by atoms with Gasteiger partial charge in [-0.3, -0.25) is 0 Å². The Morgan fingerprint density at radius 3 is 2.09 bits per heavy atom. The zero-order valence-corrected chi connectivity index (χ0v) is 7.90. The fraction of sp³-hybridized carbons (Fsp3) is 1.00. The Labute approximate surface area is 70.5 Å². The van der Waals surface area contributed by atoms with E-state index in [0.29, 0.717) is 6.04 Å². The van der Waals surface area contributed by atoms with Crippen molar-refractivity contribution in [1.82, 2.24) is 5.32 Å². The van der Waals surface area contributed by atoms with E-state index in [-0.39, 0.29) is 0 Å². The van der Waals surface area contributed by atoms with E-state index in [9.17, 15) is 0 Å². The summed E-state index contributed by atoms with van der Waals surface area (Å²) >= 11 is 0. The summed E-state index contributed by atoms with van der Waals surface area (Å²) in [7, 11) is 0. The van der Waals surface area contributed by atoms with E-state index >= 15 is 0 Å². The maximum Gasteiger partial charge on any atom is 0.00770 e. The zero-order chi connectivity index (χ0) is 8.53. The monoisotopic (exact) mass is 158 g/mol. The van der Waals surface area contributed by atoms with Crippen LogP contribution in [-0.2, 0) is 0 Å². The molecule has 0 aliphatic heterocycles. The third kappa shape index (κ3) is 6.32. The molecule has 2 heteroatoms. The molecular weight excluding hydrogens is 136 g/mol. The van der Waals surface area contributed by atoms with Gasteiger partial charge in [-0.1, -0.05) is 26.7 Å². The molecule has 0 aromatic carbocycles. The SMILES string of the molecule is CCCC(CCC)NCCN. The standard InChI is InChI=1S/C9H22N2/c1-3-5-9(6-4-2)11-8-7-10/h9,11H,3-8,10H2,1-2H3. The minimum absolute atomic E-state index is 0.702. The number of nitrogens with two attached hydrogens (primary N) is 1. The molecule has 0 aromatic rings. The van der Waals surface area contributed by atoms with Crippen molar-refractivity contribution in [3.63, 3.8) is 0 Å². The van der Waals surface area contributed by atoms with Crippen LogP contribution in [0.1, 0.15) is 39.5 Å². The first kappa shape index (κ1) is 10.9. The van der Waals surface area contributed by atoms with Gasteiger partial charge in [-0.2, -0.15) is 0 Å². The Kier molecular flexibility index (Phi) is 7.96. The Morgan fingerprint density at radius 2 is 1.73 bits per heavy atom. The Balaban J connectivity index is 3.34. The van der Waals surface area contributed by atoms with Crippen LogP contribution in [0, 0.1) is 0 Å². The molecule has 0 aliphatic carbocycles. The smallest absolute Gasteiger partial charge is 0.00770 e. The third-order valence-corrected chi connectivity index (χ3v) is 1.85. The normalized spacial score (nSPS) is 10.9. The topological polar surface area (TPSA) is 38.0 Å². The van der Waals surface area contributed by atoms with E-state index in [1.54, 1.807) is 0 Å². The van der Waals surface area contributed by atoms with Gasteiger partial charge in [0.2, 0.25) is 0 Å². The van der Waals surface area contributed by atoms with Crippen LogP contribution in [0.4, 0.5) is 0 Å². The molecule has 0 atom stereocenters. The van der Waals surface area contributed by atoms with Gasteiger partial charge in [0.15, 0.2) is 0 Å². The molecule has 0 radical (unpaired) electrons. The molecule has 0 bridgehead atoms. The highest BCUT2D eigenvalue weighted by Crippen LogP contribution is 2.03. The van der Waals surface area contributed by atoms with E-state index in [1.807, 2.05) is 0 Å². The van der Waals surface area contributed by atoms with E-state index in [2.05, 4.69) is 19.2 Å². The summed E-state index contributed by atoms with van der Waals surface area (Å²) in [5.74, 6) is 0. The van der Waals surface area contributed by atoms with Gasteiger partial charge >= 0.3 is 0 Å². The minimum atomic E-state index is 0.702. The second kappa shape index (κ2) is 8.02. The van der Waals surface area contributed by atoms with Crippen LogP contribution in [0.25, 0.3) is 0 Å². The molecule has 0 spiro atoms. The van der Waals surface area contributed by atoms with Crippen LogP contribution in [-0.4, -0.2) is 19.1 Å². The molecule has 3 N–H and O–H groups in total. The Hall–Kier alpha value is -0.0800. The van der Waals surface area contributed by atoms with Gasteiger partial charge in [-0.05, 0) is 12.8 Å². The molecule has 11 heavy (non-hydrogen) atoms. The summed E-state index contributed by atoms with van der Waals surface area (Å²) in [6.45, 7) is 6.17. The molecular formula is C9H22N2. The molecule has 0 unspecified atom stereocenters. The molecule has 0 saturated carbocycles. The van der Waals surface area contributed by atoms with Gasteiger partial charge < -0.3 is 11.1 Å². The lowest BCUT2D eigenvalue weighted by Crippen LogP contribution is -2.33. The first-order chi connectivity index (χ1) is 5.35. The van der Waals surface area contributed by atoms with Crippen LogP contribution in [0.15, 0.2) is 0 Å². The van der Waals surface area contributed by atoms with E-state index in [1.165, 1.54) is 25.7 Å². The molecule has 68 valence electrons. The van der Waals surface area contributed by atoms with E-state index in [4.69, 9.17) is 5.73 Å². The highest BCUT2D eigenvalue weighted by atomic mass is 14.9. The van der Waals surface area contributed by atoms with Gasteiger partial charge in [0.25, 0.3) is 0 Å². The summed E-state index contributed by atoms with van der Waals surface area (Å²) in [5.41, 5.74) is 5.41. The fourth-order valence-electron chi connectivity index (χ4n) is 1.33. The second-order valence-corrected chi connectivity index (χ2v) is 3.02. The number of nitrogens with one attached hydrogen (secondary N) is 1. The van der Waals surface area contributed by atoms with Gasteiger partial charge in [0.05, 0.1) is 0 Å². The van der Waals surface area contributed by atoms with Crippen LogP contribution in [0.2, 0.25) is 0 Å². The van der Waals surface area contributed by atoms with Crippen molar-refractivity contribution in [2.75, 3.05) is 13.1 Å². The van der Waals surface area contributed by atoms with Crippen molar-refractivity contribution in [2.45, 2.75) is 45.6 Å². The molecule has 0 rings (SSSR count). The molecule has 0 aliphatic rings. The summed E-state index contributed by atoms with van der Waals surface area (Å²) in [6, 6.07) is 0.702. The van der Waals surface area contributed by atoms with Crippen molar-refractivity contribution in [2.24, 2.45) is 5.73 Å². The predicted molar refractivity (Wildman–Crippen MR) is 50.7 cm³/mol. The van der Waals surface area contributed by atoms with Crippen molar-refractivity contribution in [3.05, 3.63) is 0 Å². The maximum atomic E-state index is 5.41. The van der Waals surface area contributed by atoms with Gasteiger partial charge in [0.1, 0.15) is 0 Å². The van der Waals surface area contributed by atoms with Crippen LogP contribution in [0.3, 0.4) is 0 Å². The molecule has 0 aromatic heterocycles. The lowest BCUT2D eigenvalue weighted by atomic mass is 10.1. The van der Waals surface area contributed by atoms with E-state index in [0.717, 1.165) is 13.1 Å². The maximum absolute atomic E-state index is 5.41. The molecule has 0 amide bonds. The minimum Gasteiger partial charge on any atom is -0.329 e. The van der Waals surface area contributed by atoms with Crippen molar-refractivity contribution in [3.8, 4) is 0 Å². The van der Waals surface area contributed by atoms with Crippen LogP contribution < -0.4 is 11.1 Å². The van der Waals surface area contributed by atoms with Crippen LogP contribution in [0.5, 0.6) is 0 Å². The molecule has 0 saturated heterocycles. The predicted octanol–water partition coefficient (Wildman–Crippen LogP) is 1.50. The average Bonchev–Trinajstić information content (AvgIpc) is 2.01. The van der Waals surface area contributed by atoms with Crippen LogP contribution >= 0.6 is 0 Å². The summed E-state index contributed by atoms with van der Waals surface area (Å²) < 4.78 is 0.